The van der Waals surface area contributed by atoms with Crippen LogP contribution >= 0.6 is 0 Å². The van der Waals surface area contributed by atoms with E-state index in [0.29, 0.717) is 0 Å². The first-order chi connectivity index (χ1) is 29.5. The van der Waals surface area contributed by atoms with E-state index in [1.165, 1.54) is 92.4 Å². The van der Waals surface area contributed by atoms with Gasteiger partial charge in [-0.15, -0.1) is 0 Å². The molecule has 0 saturated heterocycles. The summed E-state index contributed by atoms with van der Waals surface area (Å²) in [7, 11) is 0. The molecule has 0 spiro atoms. The van der Waals surface area contributed by atoms with E-state index in [1.54, 1.807) is 0 Å². The van der Waals surface area contributed by atoms with Gasteiger partial charge < -0.3 is 9.30 Å². The Hall–Kier alpha value is -7.17. The predicted octanol–water partition coefficient (Wildman–Crippen LogP) is 15.8. The molecule has 0 fully saturated rings. The van der Waals surface area contributed by atoms with E-state index in [-0.39, 0.29) is 10.8 Å². The van der Waals surface area contributed by atoms with Gasteiger partial charge in [-0.05, 0) is 110 Å². The zero-order valence-electron chi connectivity index (χ0n) is 35.3. The van der Waals surface area contributed by atoms with Gasteiger partial charge in [-0.2, -0.15) is 0 Å². The Morgan fingerprint density at radius 1 is 0.410 bits per heavy atom. The highest BCUT2D eigenvalue weighted by Crippen LogP contribution is 2.50. The van der Waals surface area contributed by atoms with Gasteiger partial charge in [0, 0.05) is 49.1 Å². The van der Waals surface area contributed by atoms with Crippen LogP contribution in [0.5, 0.6) is 0 Å². The molecular weight excluding hydrogens is 741 g/mol. The molecule has 292 valence electrons. The van der Waals surface area contributed by atoms with Gasteiger partial charge in [-0.25, -0.2) is 4.98 Å². The van der Waals surface area contributed by atoms with E-state index < -0.39 is 0 Å². The van der Waals surface area contributed by atoms with Crippen LogP contribution in [0.25, 0.3) is 98.0 Å². The number of nitrogens with zero attached hydrogens (tertiary/aromatic N) is 4. The number of fused-ring (bicyclic) bond motifs is 16. The molecular formula is C57H44N4. The Morgan fingerprint density at radius 2 is 0.967 bits per heavy atom. The molecule has 0 saturated carbocycles. The molecule has 0 aliphatic rings. The van der Waals surface area contributed by atoms with Gasteiger partial charge >= 0.3 is 0 Å². The zero-order valence-corrected chi connectivity index (χ0v) is 35.3. The smallest absolute Gasteiger partial charge is 0.146 e. The molecule has 5 heterocycles. The molecule has 5 aromatic heterocycles. The highest BCUT2D eigenvalue weighted by molar-refractivity contribution is 6.36. The second-order valence-corrected chi connectivity index (χ2v) is 19.3. The minimum atomic E-state index is -0.0923. The summed E-state index contributed by atoms with van der Waals surface area (Å²) in [6.45, 7) is 14.0. The summed E-state index contributed by atoms with van der Waals surface area (Å²) in [5, 5.41) is 13.8. The van der Waals surface area contributed by atoms with Gasteiger partial charge in [0.15, 0.2) is 0 Å². The SMILES string of the molecule is CC(C)(C)c1cc(N(c2ccccc2)c2ccccc2)c2c(c1)c1cc(C(C)(C)C)cc3c4cc5c(nc4n2c31)c1cc2ccccc2c2c3c4ccccc4ccc3n5c12. The van der Waals surface area contributed by atoms with E-state index in [2.05, 4.69) is 213 Å². The summed E-state index contributed by atoms with van der Waals surface area (Å²) >= 11 is 0. The molecule has 8 aromatic carbocycles. The van der Waals surface area contributed by atoms with E-state index in [4.69, 9.17) is 4.98 Å². The van der Waals surface area contributed by atoms with Crippen LogP contribution in [0, 0.1) is 0 Å². The lowest BCUT2D eigenvalue weighted by Crippen LogP contribution is -2.15. The third-order valence-electron chi connectivity index (χ3n) is 13.6. The number of rotatable bonds is 3. The van der Waals surface area contributed by atoms with Crippen LogP contribution in [0.15, 0.2) is 158 Å². The molecule has 13 rings (SSSR count). The number of pyridine rings is 1. The lowest BCUT2D eigenvalue weighted by atomic mass is 9.84. The molecule has 0 aliphatic carbocycles. The summed E-state index contributed by atoms with van der Waals surface area (Å²) < 4.78 is 5.03. The van der Waals surface area contributed by atoms with E-state index in [0.717, 1.165) is 33.7 Å². The molecule has 0 aliphatic heterocycles. The van der Waals surface area contributed by atoms with Crippen molar-refractivity contribution < 1.29 is 0 Å². The number of anilines is 3. The molecule has 0 N–H and O–H groups in total. The summed E-state index contributed by atoms with van der Waals surface area (Å²) in [5.41, 5.74) is 13.9. The minimum absolute atomic E-state index is 0.0726. The topological polar surface area (TPSA) is 25.0 Å². The van der Waals surface area contributed by atoms with Crippen LogP contribution in [-0.2, 0) is 10.8 Å². The average Bonchev–Trinajstić information content (AvgIpc) is 3.99. The Morgan fingerprint density at radius 3 is 1.62 bits per heavy atom. The van der Waals surface area contributed by atoms with Gasteiger partial charge in [0.2, 0.25) is 0 Å². The third kappa shape index (κ3) is 4.62. The van der Waals surface area contributed by atoms with Gasteiger partial charge in [-0.3, -0.25) is 4.40 Å². The lowest BCUT2D eigenvalue weighted by Gasteiger charge is -2.29. The van der Waals surface area contributed by atoms with Crippen molar-refractivity contribution in [2.45, 2.75) is 52.4 Å². The molecule has 61 heavy (non-hydrogen) atoms. The van der Waals surface area contributed by atoms with Gasteiger partial charge in [-0.1, -0.05) is 133 Å². The van der Waals surface area contributed by atoms with Gasteiger partial charge in [0.05, 0.1) is 38.8 Å². The van der Waals surface area contributed by atoms with E-state index >= 15 is 0 Å². The van der Waals surface area contributed by atoms with Crippen LogP contribution in [-0.4, -0.2) is 13.8 Å². The normalized spacial score (nSPS) is 13.1. The van der Waals surface area contributed by atoms with Crippen molar-refractivity contribution in [3.63, 3.8) is 0 Å². The molecule has 4 nitrogen and oxygen atoms in total. The standard InChI is InChI=1S/C57H44N4/c1-56(2,3)35-28-41-42-30-36(57(4,5)6)31-48(59(37-19-9-7-10-20-37)38-21-11-8-12-22-38)53(42)61-52(41)43(29-35)44-32-47-51(58-55(44)61)45-27-34-18-14-16-24-40(34)50-49-39-23-15-13-17-33(39)25-26-46(49)60(47)54(45)50/h7-32H,1-6H3. The van der Waals surface area contributed by atoms with Gasteiger partial charge in [0.25, 0.3) is 0 Å². The summed E-state index contributed by atoms with van der Waals surface area (Å²) in [5.74, 6) is 0. The number of aromatic nitrogens is 3. The molecule has 0 unspecified atom stereocenters. The van der Waals surface area contributed by atoms with Crippen molar-refractivity contribution in [3.05, 3.63) is 169 Å². The molecule has 0 amide bonds. The maximum Gasteiger partial charge on any atom is 0.146 e. The van der Waals surface area contributed by atoms with Gasteiger partial charge in [0.1, 0.15) is 5.65 Å². The Labute approximate surface area is 353 Å². The largest absolute Gasteiger partial charge is 0.308 e. The monoisotopic (exact) mass is 784 g/mol. The third-order valence-corrected chi connectivity index (χ3v) is 13.6. The average molecular weight is 785 g/mol. The summed E-state index contributed by atoms with van der Waals surface area (Å²) in [4.78, 5) is 8.37. The van der Waals surface area contributed by atoms with E-state index in [1.807, 2.05) is 0 Å². The first-order valence-corrected chi connectivity index (χ1v) is 21.6. The summed E-state index contributed by atoms with van der Waals surface area (Å²) in [6, 6.07) is 58.7. The molecule has 0 bridgehead atoms. The van der Waals surface area contributed by atoms with Crippen LogP contribution in [0.1, 0.15) is 52.7 Å². The van der Waals surface area contributed by atoms with Crippen molar-refractivity contribution in [2.75, 3.05) is 4.90 Å². The fourth-order valence-corrected chi connectivity index (χ4v) is 10.6. The highest BCUT2D eigenvalue weighted by Gasteiger charge is 2.30. The lowest BCUT2D eigenvalue weighted by molar-refractivity contribution is 0.591. The van der Waals surface area contributed by atoms with Crippen LogP contribution in [0.2, 0.25) is 0 Å². The maximum absolute atomic E-state index is 5.92. The number of para-hydroxylation sites is 2. The van der Waals surface area contributed by atoms with Crippen LogP contribution in [0.3, 0.4) is 0 Å². The van der Waals surface area contributed by atoms with Crippen LogP contribution < -0.4 is 4.90 Å². The Kier molecular flexibility index (Phi) is 6.69. The van der Waals surface area contributed by atoms with Crippen molar-refractivity contribution in [1.29, 1.82) is 0 Å². The number of hydrogen-bond donors (Lipinski definition) is 0. The second-order valence-electron chi connectivity index (χ2n) is 19.3. The fourth-order valence-electron chi connectivity index (χ4n) is 10.6. The quantitative estimate of drug-likeness (QED) is 0.178. The predicted molar refractivity (Wildman–Crippen MR) is 261 cm³/mol. The molecule has 13 aromatic rings. The first-order valence-electron chi connectivity index (χ1n) is 21.6. The maximum atomic E-state index is 5.92. The van der Waals surface area contributed by atoms with E-state index in [9.17, 15) is 0 Å². The minimum Gasteiger partial charge on any atom is -0.308 e. The molecule has 0 radical (unpaired) electrons. The van der Waals surface area contributed by atoms with Crippen LogP contribution in [0.4, 0.5) is 17.1 Å². The number of hydrogen-bond acceptors (Lipinski definition) is 2. The van der Waals surface area contributed by atoms with Crippen molar-refractivity contribution in [1.82, 2.24) is 13.8 Å². The number of benzene rings is 8. The molecule has 4 heteroatoms. The fraction of sp³-hybridized carbons (Fsp3) is 0.140. The second kappa shape index (κ2) is 11.8. The highest BCUT2D eigenvalue weighted by atomic mass is 15.2. The van der Waals surface area contributed by atoms with Crippen molar-refractivity contribution in [3.8, 4) is 0 Å². The first kappa shape index (κ1) is 34.7. The molecule has 0 atom stereocenters. The van der Waals surface area contributed by atoms with Crippen molar-refractivity contribution >= 4 is 115 Å². The van der Waals surface area contributed by atoms with Crippen molar-refractivity contribution in [2.24, 2.45) is 0 Å². The zero-order chi connectivity index (χ0) is 41.1. The Bertz CT molecular complexity index is 3890. The summed E-state index contributed by atoms with van der Waals surface area (Å²) in [6.07, 6.45) is 0. The Balaban J connectivity index is 1.27.